The van der Waals surface area contributed by atoms with Gasteiger partial charge in [0.1, 0.15) is 5.03 Å². The number of nitrogens with zero attached hydrogens (tertiary/aromatic N) is 1. The van der Waals surface area contributed by atoms with E-state index in [9.17, 15) is 9.79 Å². The lowest BCUT2D eigenvalue weighted by Gasteiger charge is -2.38. The first-order valence-corrected chi connectivity index (χ1v) is 9.31. The van der Waals surface area contributed by atoms with Gasteiger partial charge in [-0.05, 0) is 13.8 Å². The standard InChI is InChI=1S/C9H13Cl3NO5PS/c1-3-16-9(17-4-2)5(10)7(12)13-8(6(9)11)18-19(14,15)20/h6H,3-4H2,1-2H3,(H2,14,15,20). The van der Waals surface area contributed by atoms with E-state index in [0.29, 0.717) is 0 Å². The van der Waals surface area contributed by atoms with Crippen molar-refractivity contribution >= 4 is 59.2 Å². The van der Waals surface area contributed by atoms with Crippen LogP contribution >= 0.6 is 41.5 Å². The van der Waals surface area contributed by atoms with E-state index in [-0.39, 0.29) is 29.3 Å². The van der Waals surface area contributed by atoms with Crippen LogP contribution in [0, 0.1) is 0 Å². The number of hydrogen-bond donors (Lipinski definition) is 2. The highest BCUT2D eigenvalue weighted by molar-refractivity contribution is 8.06. The van der Waals surface area contributed by atoms with Gasteiger partial charge in [-0.3, -0.25) is 0 Å². The van der Waals surface area contributed by atoms with Crippen LogP contribution in [0.3, 0.4) is 0 Å². The van der Waals surface area contributed by atoms with Crippen LogP contribution in [0.25, 0.3) is 0 Å². The first-order chi connectivity index (χ1) is 9.18. The van der Waals surface area contributed by atoms with E-state index in [1.807, 2.05) is 0 Å². The van der Waals surface area contributed by atoms with Crippen molar-refractivity contribution in [2.24, 2.45) is 4.99 Å². The molecule has 0 aromatic carbocycles. The molecule has 0 amide bonds. The Morgan fingerprint density at radius 1 is 1.30 bits per heavy atom. The molecule has 116 valence electrons. The molecule has 20 heavy (non-hydrogen) atoms. The average molecular weight is 385 g/mol. The largest absolute Gasteiger partial charge is 0.408 e. The summed E-state index contributed by atoms with van der Waals surface area (Å²) in [5.41, 5.74) is 0. The number of ether oxygens (including phenoxy) is 2. The van der Waals surface area contributed by atoms with Crippen LogP contribution in [0.4, 0.5) is 0 Å². The molecule has 0 aliphatic carbocycles. The number of rotatable bonds is 5. The molecule has 0 bridgehead atoms. The summed E-state index contributed by atoms with van der Waals surface area (Å²) in [5, 5.41) is -1.43. The fraction of sp³-hybridized carbons (Fsp3) is 0.667. The van der Waals surface area contributed by atoms with Gasteiger partial charge in [0.05, 0.1) is 0 Å². The summed E-state index contributed by atoms with van der Waals surface area (Å²) in [5.74, 6) is -1.94. The molecule has 1 aliphatic rings. The SMILES string of the molecule is CCOC1(OCC)C(Cl)=C(Cl)N=C(OP(O)(O)=S)C1Cl. The Balaban J connectivity index is 3.27. The van der Waals surface area contributed by atoms with Gasteiger partial charge < -0.3 is 23.8 Å². The molecule has 1 rings (SSSR count). The highest BCUT2D eigenvalue weighted by Gasteiger charge is 2.51. The van der Waals surface area contributed by atoms with Gasteiger partial charge in [-0.2, -0.15) is 0 Å². The van der Waals surface area contributed by atoms with Gasteiger partial charge >= 0.3 is 6.72 Å². The summed E-state index contributed by atoms with van der Waals surface area (Å²) in [6, 6.07) is 0. The maximum atomic E-state index is 9.22. The van der Waals surface area contributed by atoms with Crippen molar-refractivity contribution in [2.45, 2.75) is 25.0 Å². The highest BCUT2D eigenvalue weighted by atomic mass is 35.5. The highest BCUT2D eigenvalue weighted by Crippen LogP contribution is 2.45. The van der Waals surface area contributed by atoms with E-state index in [1.54, 1.807) is 13.8 Å². The third-order valence-electron chi connectivity index (χ3n) is 2.18. The van der Waals surface area contributed by atoms with E-state index < -0.39 is 17.9 Å². The van der Waals surface area contributed by atoms with Gasteiger partial charge in [-0.15, -0.1) is 11.6 Å². The van der Waals surface area contributed by atoms with Crippen LogP contribution in [0.15, 0.2) is 15.2 Å². The average Bonchev–Trinajstić information content (AvgIpc) is 2.32. The van der Waals surface area contributed by atoms with Crippen LogP contribution in [0.2, 0.25) is 0 Å². The number of alkyl halides is 1. The molecule has 0 aromatic rings. The van der Waals surface area contributed by atoms with Crippen molar-refractivity contribution in [1.29, 1.82) is 0 Å². The predicted molar refractivity (Wildman–Crippen MR) is 81.6 cm³/mol. The van der Waals surface area contributed by atoms with Gasteiger partial charge in [0.15, 0.2) is 10.5 Å². The van der Waals surface area contributed by atoms with Crippen LogP contribution in [-0.4, -0.2) is 40.1 Å². The van der Waals surface area contributed by atoms with Gasteiger partial charge in [-0.1, -0.05) is 23.2 Å². The molecule has 0 aromatic heterocycles. The summed E-state index contributed by atoms with van der Waals surface area (Å²) in [4.78, 5) is 22.2. The Labute approximate surface area is 136 Å². The molecule has 0 saturated heterocycles. The normalized spacial score (nSPS) is 22.8. The Hall–Kier alpha value is 0.570. The molecule has 0 fully saturated rings. The maximum absolute atomic E-state index is 9.22. The molecule has 0 saturated carbocycles. The smallest absolute Gasteiger partial charge is 0.376 e. The molecule has 1 heterocycles. The quantitative estimate of drug-likeness (QED) is 0.328. The van der Waals surface area contributed by atoms with E-state index in [4.69, 9.17) is 48.8 Å². The van der Waals surface area contributed by atoms with Crippen LogP contribution in [0.5, 0.6) is 0 Å². The zero-order valence-electron chi connectivity index (χ0n) is 10.5. The van der Waals surface area contributed by atoms with Crippen molar-refractivity contribution in [1.82, 2.24) is 0 Å². The monoisotopic (exact) mass is 383 g/mol. The lowest BCUT2D eigenvalue weighted by atomic mass is 10.1. The fourth-order valence-electron chi connectivity index (χ4n) is 1.55. The van der Waals surface area contributed by atoms with Crippen LogP contribution < -0.4 is 0 Å². The second-order valence-electron chi connectivity index (χ2n) is 3.53. The summed E-state index contributed by atoms with van der Waals surface area (Å²) in [6.07, 6.45) is 0. The maximum Gasteiger partial charge on any atom is 0.376 e. The minimum Gasteiger partial charge on any atom is -0.408 e. The zero-order chi connectivity index (χ0) is 15.6. The Morgan fingerprint density at radius 3 is 2.20 bits per heavy atom. The van der Waals surface area contributed by atoms with E-state index >= 15 is 0 Å². The molecular formula is C9H13Cl3NO5PS. The molecule has 0 radical (unpaired) electrons. The molecule has 1 unspecified atom stereocenters. The molecule has 6 nitrogen and oxygen atoms in total. The lowest BCUT2D eigenvalue weighted by Crippen LogP contribution is -2.51. The van der Waals surface area contributed by atoms with Crippen molar-refractivity contribution in [2.75, 3.05) is 13.2 Å². The Kier molecular flexibility index (Phi) is 6.72. The molecule has 1 aliphatic heterocycles. The third kappa shape index (κ3) is 4.06. The van der Waals surface area contributed by atoms with Gasteiger partial charge in [0, 0.05) is 25.0 Å². The summed E-state index contributed by atoms with van der Waals surface area (Å²) >= 11 is 22.5. The molecule has 11 heteroatoms. The van der Waals surface area contributed by atoms with Gasteiger partial charge in [0.2, 0.25) is 11.7 Å². The molecular weight excluding hydrogens is 372 g/mol. The summed E-state index contributed by atoms with van der Waals surface area (Å²) in [6.45, 7) is -0.195. The van der Waals surface area contributed by atoms with Gasteiger partial charge in [0.25, 0.3) is 0 Å². The molecule has 0 spiro atoms. The number of hydrogen-bond acceptors (Lipinski definition) is 5. The summed E-state index contributed by atoms with van der Waals surface area (Å²) in [7, 11) is 0. The third-order valence-corrected chi connectivity index (χ3v) is 4.11. The van der Waals surface area contributed by atoms with E-state index in [0.717, 1.165) is 0 Å². The summed E-state index contributed by atoms with van der Waals surface area (Å²) < 4.78 is 15.7. The Bertz CT molecular complexity index is 474. The molecule has 1 atom stereocenters. The first kappa shape index (κ1) is 18.6. The van der Waals surface area contributed by atoms with Crippen molar-refractivity contribution in [3.05, 3.63) is 10.2 Å². The lowest BCUT2D eigenvalue weighted by molar-refractivity contribution is -0.197. The second-order valence-corrected chi connectivity index (χ2v) is 7.30. The topological polar surface area (TPSA) is 80.5 Å². The second kappa shape index (κ2) is 7.22. The van der Waals surface area contributed by atoms with E-state index in [1.165, 1.54) is 0 Å². The van der Waals surface area contributed by atoms with Crippen molar-refractivity contribution in [3.63, 3.8) is 0 Å². The van der Waals surface area contributed by atoms with Crippen LogP contribution in [-0.2, 0) is 25.8 Å². The predicted octanol–water partition coefficient (Wildman–Crippen LogP) is 2.65. The zero-order valence-corrected chi connectivity index (χ0v) is 14.5. The minimum atomic E-state index is -4.03. The number of halogens is 3. The van der Waals surface area contributed by atoms with Crippen molar-refractivity contribution in [3.8, 4) is 0 Å². The fourth-order valence-corrected chi connectivity index (χ4v) is 3.09. The van der Waals surface area contributed by atoms with Crippen LogP contribution in [0.1, 0.15) is 13.8 Å². The first-order valence-electron chi connectivity index (χ1n) is 5.49. The molecule has 2 N–H and O–H groups in total. The minimum absolute atomic E-state index is 0.0561. The Morgan fingerprint density at radius 2 is 1.80 bits per heavy atom. The number of aliphatic imine (C=N–C) groups is 1. The van der Waals surface area contributed by atoms with Crippen molar-refractivity contribution < 1.29 is 23.8 Å². The van der Waals surface area contributed by atoms with E-state index in [2.05, 4.69) is 16.8 Å². The van der Waals surface area contributed by atoms with Gasteiger partial charge in [-0.25, -0.2) is 4.99 Å².